The molecule has 2 aliphatic carbocycles. The highest BCUT2D eigenvalue weighted by molar-refractivity contribution is 7.91. The highest BCUT2D eigenvalue weighted by Crippen LogP contribution is 2.43. The normalized spacial score (nSPS) is 35.9. The molecule has 0 aromatic rings. The average Bonchev–Trinajstić information content (AvgIpc) is 2.73. The number of alkyl halides is 1. The minimum absolute atomic E-state index is 0.0212. The fourth-order valence-electron chi connectivity index (χ4n) is 1.83. The van der Waals surface area contributed by atoms with Crippen molar-refractivity contribution < 1.29 is 8.42 Å². The van der Waals surface area contributed by atoms with Crippen molar-refractivity contribution in [2.45, 2.75) is 55.2 Å². The van der Waals surface area contributed by atoms with Gasteiger partial charge in [0.15, 0.2) is 0 Å². The van der Waals surface area contributed by atoms with Crippen LogP contribution in [-0.4, -0.2) is 24.6 Å². The molecule has 0 saturated heterocycles. The lowest BCUT2D eigenvalue weighted by molar-refractivity contribution is 0.540. The minimum atomic E-state index is -3.14. The SMILES string of the molecule is CC1(S(=O)(=O)NC2CCCC2Cl)CC1. The topological polar surface area (TPSA) is 46.2 Å². The summed E-state index contributed by atoms with van der Waals surface area (Å²) >= 11 is 6.03. The van der Waals surface area contributed by atoms with Crippen LogP contribution in [0.2, 0.25) is 0 Å². The molecule has 14 heavy (non-hydrogen) atoms. The Balaban J connectivity index is 2.03. The zero-order valence-corrected chi connectivity index (χ0v) is 9.87. The molecule has 2 aliphatic rings. The molecule has 1 N–H and O–H groups in total. The van der Waals surface area contributed by atoms with Gasteiger partial charge in [0.05, 0.1) is 4.75 Å². The van der Waals surface area contributed by atoms with E-state index < -0.39 is 14.8 Å². The largest absolute Gasteiger partial charge is 0.217 e. The van der Waals surface area contributed by atoms with Crippen LogP contribution in [0.4, 0.5) is 0 Å². The summed E-state index contributed by atoms with van der Waals surface area (Å²) in [7, 11) is -3.14. The lowest BCUT2D eigenvalue weighted by atomic mass is 10.3. The Kier molecular flexibility index (Phi) is 2.57. The molecule has 2 unspecified atom stereocenters. The third-order valence-electron chi connectivity index (χ3n) is 3.34. The van der Waals surface area contributed by atoms with Gasteiger partial charge in [-0.2, -0.15) is 0 Å². The quantitative estimate of drug-likeness (QED) is 0.759. The first-order valence-electron chi connectivity index (χ1n) is 5.11. The number of halogens is 1. The second-order valence-electron chi connectivity index (χ2n) is 4.62. The summed E-state index contributed by atoms with van der Waals surface area (Å²) < 4.78 is 25.9. The summed E-state index contributed by atoms with van der Waals surface area (Å²) in [5.74, 6) is 0. The Morgan fingerprint density at radius 2 is 2.00 bits per heavy atom. The monoisotopic (exact) mass is 237 g/mol. The van der Waals surface area contributed by atoms with Crippen LogP contribution >= 0.6 is 11.6 Å². The lowest BCUT2D eigenvalue weighted by Crippen LogP contribution is -2.43. The van der Waals surface area contributed by atoms with Crippen molar-refractivity contribution in [1.29, 1.82) is 0 Å². The third kappa shape index (κ3) is 1.79. The van der Waals surface area contributed by atoms with Gasteiger partial charge in [-0.15, -0.1) is 11.6 Å². The van der Waals surface area contributed by atoms with Gasteiger partial charge in [-0.1, -0.05) is 6.42 Å². The molecule has 2 saturated carbocycles. The predicted molar refractivity (Wildman–Crippen MR) is 57.0 cm³/mol. The molecule has 0 spiro atoms. The zero-order chi connectivity index (χ0) is 10.4. The fraction of sp³-hybridized carbons (Fsp3) is 1.00. The van der Waals surface area contributed by atoms with E-state index in [9.17, 15) is 8.42 Å². The molecular formula is C9H16ClNO2S. The molecule has 3 nitrogen and oxygen atoms in total. The molecule has 82 valence electrons. The number of hydrogen-bond acceptors (Lipinski definition) is 2. The Hall–Kier alpha value is 0.200. The first-order valence-corrected chi connectivity index (χ1v) is 7.03. The molecule has 0 amide bonds. The van der Waals surface area contributed by atoms with Crippen LogP contribution in [0.1, 0.15) is 39.0 Å². The Morgan fingerprint density at radius 3 is 2.43 bits per heavy atom. The molecule has 5 heteroatoms. The van der Waals surface area contributed by atoms with E-state index >= 15 is 0 Å². The van der Waals surface area contributed by atoms with Gasteiger partial charge in [0, 0.05) is 11.4 Å². The summed E-state index contributed by atoms with van der Waals surface area (Å²) in [5, 5.41) is -0.0212. The molecule has 0 aromatic heterocycles. The van der Waals surface area contributed by atoms with E-state index in [1.165, 1.54) is 0 Å². The van der Waals surface area contributed by atoms with Gasteiger partial charge in [-0.25, -0.2) is 13.1 Å². The van der Waals surface area contributed by atoms with E-state index in [4.69, 9.17) is 11.6 Å². The van der Waals surface area contributed by atoms with Gasteiger partial charge in [-0.3, -0.25) is 0 Å². The van der Waals surface area contributed by atoms with E-state index in [0.29, 0.717) is 0 Å². The third-order valence-corrected chi connectivity index (χ3v) is 6.18. The Bertz CT molecular complexity index is 324. The van der Waals surface area contributed by atoms with Crippen LogP contribution in [0.15, 0.2) is 0 Å². The Labute approximate surface area is 90.3 Å². The minimum Gasteiger partial charge on any atom is -0.212 e. The van der Waals surface area contributed by atoms with Gasteiger partial charge >= 0.3 is 0 Å². The van der Waals surface area contributed by atoms with E-state index in [0.717, 1.165) is 32.1 Å². The van der Waals surface area contributed by atoms with Crippen LogP contribution in [-0.2, 0) is 10.0 Å². The molecule has 0 bridgehead atoms. The van der Waals surface area contributed by atoms with Crippen molar-refractivity contribution in [1.82, 2.24) is 4.72 Å². The molecule has 0 aliphatic heterocycles. The van der Waals surface area contributed by atoms with E-state index in [-0.39, 0.29) is 11.4 Å². The lowest BCUT2D eigenvalue weighted by Gasteiger charge is -2.19. The highest BCUT2D eigenvalue weighted by Gasteiger charge is 2.51. The maximum atomic E-state index is 11.8. The number of nitrogens with one attached hydrogen (secondary N) is 1. The van der Waals surface area contributed by atoms with E-state index in [1.807, 2.05) is 0 Å². The molecule has 0 aromatic carbocycles. The molecular weight excluding hydrogens is 222 g/mol. The second-order valence-corrected chi connectivity index (χ2v) is 7.41. The smallest absolute Gasteiger partial charge is 0.212 e. The average molecular weight is 238 g/mol. The number of rotatable bonds is 3. The van der Waals surface area contributed by atoms with Crippen LogP contribution in [0.3, 0.4) is 0 Å². The van der Waals surface area contributed by atoms with Gasteiger partial charge in [0.25, 0.3) is 0 Å². The van der Waals surface area contributed by atoms with Crippen LogP contribution < -0.4 is 4.72 Å². The van der Waals surface area contributed by atoms with Crippen LogP contribution in [0, 0.1) is 0 Å². The number of hydrogen-bond donors (Lipinski definition) is 1. The number of sulfonamides is 1. The van der Waals surface area contributed by atoms with Gasteiger partial charge < -0.3 is 0 Å². The molecule has 2 rings (SSSR count). The van der Waals surface area contributed by atoms with Crippen molar-refractivity contribution in [3.8, 4) is 0 Å². The molecule has 0 heterocycles. The maximum absolute atomic E-state index is 11.8. The highest BCUT2D eigenvalue weighted by atomic mass is 35.5. The molecule has 2 fully saturated rings. The van der Waals surface area contributed by atoms with Gasteiger partial charge in [-0.05, 0) is 32.6 Å². The summed E-state index contributed by atoms with van der Waals surface area (Å²) in [6, 6.07) is -0.0425. The first-order chi connectivity index (χ1) is 6.45. The van der Waals surface area contributed by atoms with E-state index in [2.05, 4.69) is 4.72 Å². The maximum Gasteiger partial charge on any atom is 0.217 e. The van der Waals surface area contributed by atoms with Crippen molar-refractivity contribution in [2.75, 3.05) is 0 Å². The van der Waals surface area contributed by atoms with Crippen molar-refractivity contribution >= 4 is 21.6 Å². The van der Waals surface area contributed by atoms with Crippen LogP contribution in [0.5, 0.6) is 0 Å². The van der Waals surface area contributed by atoms with Crippen molar-refractivity contribution in [3.05, 3.63) is 0 Å². The standard InChI is InChI=1S/C9H16ClNO2S/c1-9(5-6-9)14(12,13)11-8-4-2-3-7(8)10/h7-8,11H,2-6H2,1H3. The van der Waals surface area contributed by atoms with E-state index in [1.54, 1.807) is 6.92 Å². The van der Waals surface area contributed by atoms with Crippen molar-refractivity contribution in [2.24, 2.45) is 0 Å². The summed E-state index contributed by atoms with van der Waals surface area (Å²) in [4.78, 5) is 0. The summed E-state index contributed by atoms with van der Waals surface area (Å²) in [6.07, 6.45) is 4.39. The zero-order valence-electron chi connectivity index (χ0n) is 8.29. The summed E-state index contributed by atoms with van der Waals surface area (Å²) in [6.45, 7) is 1.80. The fourth-order valence-corrected chi connectivity index (χ4v) is 3.86. The predicted octanol–water partition coefficient (Wildman–Crippen LogP) is 1.62. The second kappa shape index (κ2) is 3.35. The van der Waals surface area contributed by atoms with Crippen LogP contribution in [0.25, 0.3) is 0 Å². The molecule has 0 radical (unpaired) electrons. The summed E-state index contributed by atoms with van der Waals surface area (Å²) in [5.41, 5.74) is 0. The van der Waals surface area contributed by atoms with Gasteiger partial charge in [0.2, 0.25) is 10.0 Å². The van der Waals surface area contributed by atoms with Crippen molar-refractivity contribution in [3.63, 3.8) is 0 Å². The molecule has 2 atom stereocenters. The Morgan fingerprint density at radius 1 is 1.36 bits per heavy atom. The van der Waals surface area contributed by atoms with Gasteiger partial charge in [0.1, 0.15) is 0 Å². The first kappa shape index (κ1) is 10.7.